The molecule has 0 radical (unpaired) electrons. The minimum atomic E-state index is -1.10. The molecule has 2 N–H and O–H groups in total. The molecular formula is C11H16N2O3. The van der Waals surface area contributed by atoms with Gasteiger partial charge in [0.25, 0.3) is 0 Å². The summed E-state index contributed by atoms with van der Waals surface area (Å²) in [4.78, 5) is 15.1. The minimum absolute atomic E-state index is 0.0943. The first-order valence-corrected chi connectivity index (χ1v) is 5.47. The van der Waals surface area contributed by atoms with Gasteiger partial charge >= 0.3 is 5.97 Å². The van der Waals surface area contributed by atoms with E-state index in [1.807, 2.05) is 4.57 Å². The summed E-state index contributed by atoms with van der Waals surface area (Å²) in [6.07, 6.45) is 2.72. The number of carbonyl (C=O) groups is 1. The number of hydrogen-bond acceptors (Lipinski definition) is 3. The molecule has 1 aliphatic heterocycles. The second-order valence-corrected chi connectivity index (χ2v) is 4.70. The van der Waals surface area contributed by atoms with Gasteiger partial charge in [-0.2, -0.15) is 0 Å². The third kappa shape index (κ3) is 1.71. The molecule has 5 heteroatoms. The highest BCUT2D eigenvalue weighted by Crippen LogP contribution is 2.27. The molecule has 0 saturated heterocycles. The van der Waals surface area contributed by atoms with Crippen LogP contribution in [0.1, 0.15) is 48.7 Å². The van der Waals surface area contributed by atoms with Crippen molar-refractivity contribution in [1.82, 2.24) is 9.55 Å². The van der Waals surface area contributed by atoms with Gasteiger partial charge in [-0.15, -0.1) is 0 Å². The van der Waals surface area contributed by atoms with Crippen LogP contribution in [0.4, 0.5) is 0 Å². The van der Waals surface area contributed by atoms with Crippen LogP contribution in [0.25, 0.3) is 0 Å². The van der Waals surface area contributed by atoms with Gasteiger partial charge in [-0.3, -0.25) is 0 Å². The summed E-state index contributed by atoms with van der Waals surface area (Å²) in [6.45, 7) is 4.00. The standard InChI is InChI=1S/C11H16N2O3/c1-11(2,16)10-12-8(9(14)15)7-5-3-4-6-13(7)10/h16H,3-6H2,1-2H3,(H,14,15). The van der Waals surface area contributed by atoms with Crippen LogP contribution in [-0.2, 0) is 18.6 Å². The molecule has 0 unspecified atom stereocenters. The van der Waals surface area contributed by atoms with Crippen LogP contribution >= 0.6 is 0 Å². The number of fused-ring (bicyclic) bond motifs is 1. The second-order valence-electron chi connectivity index (χ2n) is 4.70. The predicted molar refractivity (Wildman–Crippen MR) is 57.4 cm³/mol. The van der Waals surface area contributed by atoms with Crippen LogP contribution in [0, 0.1) is 0 Å². The highest BCUT2D eigenvalue weighted by Gasteiger charge is 2.30. The van der Waals surface area contributed by atoms with E-state index < -0.39 is 11.6 Å². The van der Waals surface area contributed by atoms with Crippen LogP contribution in [0.5, 0.6) is 0 Å². The summed E-state index contributed by atoms with van der Waals surface area (Å²) in [6, 6.07) is 0. The maximum atomic E-state index is 11.1. The number of carboxylic acids is 1. The van der Waals surface area contributed by atoms with E-state index in [-0.39, 0.29) is 5.69 Å². The van der Waals surface area contributed by atoms with Crippen molar-refractivity contribution in [1.29, 1.82) is 0 Å². The lowest BCUT2D eigenvalue weighted by atomic mass is 10.1. The van der Waals surface area contributed by atoms with Gasteiger partial charge in [-0.25, -0.2) is 9.78 Å². The fraction of sp³-hybridized carbons (Fsp3) is 0.636. The van der Waals surface area contributed by atoms with Crippen LogP contribution in [0.15, 0.2) is 0 Å². The molecule has 88 valence electrons. The van der Waals surface area contributed by atoms with Gasteiger partial charge in [-0.1, -0.05) is 0 Å². The zero-order chi connectivity index (χ0) is 11.9. The number of rotatable bonds is 2. The van der Waals surface area contributed by atoms with Crippen LogP contribution in [-0.4, -0.2) is 25.7 Å². The summed E-state index contributed by atoms with van der Waals surface area (Å²) >= 11 is 0. The molecule has 0 fully saturated rings. The number of hydrogen-bond donors (Lipinski definition) is 2. The fourth-order valence-electron chi connectivity index (χ4n) is 2.18. The molecule has 1 aromatic heterocycles. The average molecular weight is 224 g/mol. The van der Waals surface area contributed by atoms with Crippen molar-refractivity contribution in [2.24, 2.45) is 0 Å². The van der Waals surface area contributed by atoms with Gasteiger partial charge in [-0.05, 0) is 33.1 Å². The minimum Gasteiger partial charge on any atom is -0.476 e. The van der Waals surface area contributed by atoms with E-state index in [0.717, 1.165) is 31.5 Å². The summed E-state index contributed by atoms with van der Waals surface area (Å²) in [5.41, 5.74) is -0.257. The molecule has 5 nitrogen and oxygen atoms in total. The number of aliphatic hydroxyl groups is 1. The molecule has 0 bridgehead atoms. The quantitative estimate of drug-likeness (QED) is 0.790. The Kier molecular flexibility index (Phi) is 2.50. The smallest absolute Gasteiger partial charge is 0.356 e. The van der Waals surface area contributed by atoms with E-state index in [9.17, 15) is 9.90 Å². The van der Waals surface area contributed by atoms with Crippen molar-refractivity contribution in [2.45, 2.75) is 45.3 Å². The SMILES string of the molecule is CC(C)(O)c1nc(C(=O)O)c2n1CCCC2. The van der Waals surface area contributed by atoms with E-state index in [2.05, 4.69) is 4.98 Å². The van der Waals surface area contributed by atoms with E-state index in [0.29, 0.717) is 5.82 Å². The fourth-order valence-corrected chi connectivity index (χ4v) is 2.18. The lowest BCUT2D eigenvalue weighted by Crippen LogP contribution is -2.24. The largest absolute Gasteiger partial charge is 0.476 e. The zero-order valence-electron chi connectivity index (χ0n) is 9.53. The van der Waals surface area contributed by atoms with Crippen LogP contribution in [0.3, 0.4) is 0 Å². The molecule has 0 amide bonds. The molecule has 2 rings (SSSR count). The van der Waals surface area contributed by atoms with Gasteiger partial charge in [0.15, 0.2) is 5.69 Å². The van der Waals surface area contributed by atoms with E-state index >= 15 is 0 Å². The van der Waals surface area contributed by atoms with Gasteiger partial charge in [0.2, 0.25) is 0 Å². The monoisotopic (exact) mass is 224 g/mol. The molecule has 16 heavy (non-hydrogen) atoms. The third-order valence-corrected chi connectivity index (χ3v) is 2.87. The van der Waals surface area contributed by atoms with Crippen LogP contribution < -0.4 is 0 Å². The van der Waals surface area contributed by atoms with Crippen molar-refractivity contribution in [2.75, 3.05) is 0 Å². The van der Waals surface area contributed by atoms with Gasteiger partial charge in [0.1, 0.15) is 11.4 Å². The third-order valence-electron chi connectivity index (χ3n) is 2.87. The first-order chi connectivity index (χ1) is 7.41. The number of aromatic carboxylic acids is 1. The maximum Gasteiger partial charge on any atom is 0.356 e. The van der Waals surface area contributed by atoms with E-state index in [1.165, 1.54) is 0 Å². The van der Waals surface area contributed by atoms with E-state index in [4.69, 9.17) is 5.11 Å². The molecule has 0 atom stereocenters. The molecule has 0 spiro atoms. The molecule has 0 aliphatic carbocycles. The highest BCUT2D eigenvalue weighted by atomic mass is 16.4. The number of carboxylic acid groups (broad SMARTS) is 1. The first kappa shape index (κ1) is 11.1. The van der Waals surface area contributed by atoms with Gasteiger partial charge < -0.3 is 14.8 Å². The van der Waals surface area contributed by atoms with Crippen molar-refractivity contribution in [3.8, 4) is 0 Å². The summed E-state index contributed by atoms with van der Waals surface area (Å²) in [7, 11) is 0. The van der Waals surface area contributed by atoms with Crippen molar-refractivity contribution < 1.29 is 15.0 Å². The van der Waals surface area contributed by atoms with Crippen molar-refractivity contribution >= 4 is 5.97 Å². The number of imidazole rings is 1. The molecule has 0 aromatic carbocycles. The normalized spacial score (nSPS) is 15.9. The lowest BCUT2D eigenvalue weighted by molar-refractivity contribution is 0.0633. The molecule has 1 aromatic rings. The van der Waals surface area contributed by atoms with Crippen molar-refractivity contribution in [3.63, 3.8) is 0 Å². The van der Waals surface area contributed by atoms with Crippen LogP contribution in [0.2, 0.25) is 0 Å². The molecule has 0 saturated carbocycles. The topological polar surface area (TPSA) is 75.3 Å². The first-order valence-electron chi connectivity index (χ1n) is 5.47. The highest BCUT2D eigenvalue weighted by molar-refractivity contribution is 5.87. The Labute approximate surface area is 93.7 Å². The van der Waals surface area contributed by atoms with Gasteiger partial charge in [0.05, 0.1) is 5.69 Å². The maximum absolute atomic E-state index is 11.1. The average Bonchev–Trinajstić information content (AvgIpc) is 2.56. The molecular weight excluding hydrogens is 208 g/mol. The Morgan fingerprint density at radius 1 is 1.44 bits per heavy atom. The Bertz CT molecular complexity index is 429. The Balaban J connectivity index is 2.59. The Morgan fingerprint density at radius 2 is 2.12 bits per heavy atom. The summed E-state index contributed by atoms with van der Waals surface area (Å²) in [5.74, 6) is -0.555. The summed E-state index contributed by atoms with van der Waals surface area (Å²) < 4.78 is 1.85. The molecule has 1 aliphatic rings. The Morgan fingerprint density at radius 3 is 2.69 bits per heavy atom. The zero-order valence-corrected chi connectivity index (χ0v) is 9.53. The van der Waals surface area contributed by atoms with Gasteiger partial charge in [0, 0.05) is 6.54 Å². The Hall–Kier alpha value is -1.36. The summed E-state index contributed by atoms with van der Waals surface area (Å²) in [5, 5.41) is 19.0. The predicted octanol–water partition coefficient (Wildman–Crippen LogP) is 1.15. The van der Waals surface area contributed by atoms with E-state index in [1.54, 1.807) is 13.8 Å². The molecule has 2 heterocycles. The number of aromatic nitrogens is 2. The lowest BCUT2D eigenvalue weighted by Gasteiger charge is -2.22. The van der Waals surface area contributed by atoms with Crippen molar-refractivity contribution in [3.05, 3.63) is 17.2 Å². The number of nitrogens with zero attached hydrogens (tertiary/aromatic N) is 2. The second kappa shape index (κ2) is 3.59.